The van der Waals surface area contributed by atoms with Gasteiger partial charge >= 0.3 is 0 Å². The van der Waals surface area contributed by atoms with Crippen molar-refractivity contribution in [3.8, 4) is 0 Å². The highest BCUT2D eigenvalue weighted by Crippen LogP contribution is 2.23. The highest BCUT2D eigenvalue weighted by atomic mass is 35.5. The summed E-state index contributed by atoms with van der Waals surface area (Å²) in [7, 11) is 0. The van der Waals surface area contributed by atoms with E-state index < -0.39 is 0 Å². The van der Waals surface area contributed by atoms with Crippen LogP contribution in [0.3, 0.4) is 0 Å². The van der Waals surface area contributed by atoms with E-state index in [1.165, 1.54) is 11.8 Å². The summed E-state index contributed by atoms with van der Waals surface area (Å²) in [6.45, 7) is 1.93. The third-order valence-corrected chi connectivity index (χ3v) is 5.56. The first kappa shape index (κ1) is 19.8. The molecule has 0 radical (unpaired) electrons. The fourth-order valence-electron chi connectivity index (χ4n) is 2.75. The van der Waals surface area contributed by atoms with E-state index in [9.17, 15) is 10.1 Å². The predicted octanol–water partition coefficient (Wildman–Crippen LogP) is 4.17. The van der Waals surface area contributed by atoms with Crippen LogP contribution in [0.1, 0.15) is 11.1 Å². The largest absolute Gasteiger partial charge is 0.365 e. The van der Waals surface area contributed by atoms with Gasteiger partial charge in [-0.05, 0) is 29.3 Å². The molecule has 0 aliphatic carbocycles. The number of hydrogen-bond donors (Lipinski definition) is 1. The normalized spacial score (nSPS) is 15.6. The van der Waals surface area contributed by atoms with Gasteiger partial charge in [-0.2, -0.15) is 0 Å². The number of aromatic nitrogens is 1. The molecule has 0 atom stereocenters. The van der Waals surface area contributed by atoms with E-state index in [0.29, 0.717) is 47.1 Å². The highest BCUT2D eigenvalue weighted by Gasteiger charge is 2.27. The molecule has 2 aromatic rings. The van der Waals surface area contributed by atoms with E-state index in [-0.39, 0.29) is 10.6 Å². The third kappa shape index (κ3) is 5.51. The molecule has 0 amide bonds. The number of nitrogens with zero attached hydrogens (tertiary/aromatic N) is 3. The van der Waals surface area contributed by atoms with Gasteiger partial charge in [-0.1, -0.05) is 41.4 Å². The average molecular weight is 425 g/mol. The molecule has 1 aliphatic rings. The lowest BCUT2D eigenvalue weighted by molar-refractivity contribution is -0.425. The molecular formula is C18H18Cl2N4O2S. The lowest BCUT2D eigenvalue weighted by atomic mass is 10.2. The molecule has 2 heterocycles. The third-order valence-electron chi connectivity index (χ3n) is 4.07. The number of benzene rings is 1. The van der Waals surface area contributed by atoms with Crippen molar-refractivity contribution in [3.63, 3.8) is 0 Å². The minimum absolute atomic E-state index is 0.188. The lowest BCUT2D eigenvalue weighted by Gasteiger charge is -2.19. The van der Waals surface area contributed by atoms with Crippen molar-refractivity contribution in [2.75, 3.05) is 18.8 Å². The van der Waals surface area contributed by atoms with Crippen LogP contribution in [0, 0.1) is 10.1 Å². The van der Waals surface area contributed by atoms with Gasteiger partial charge in [-0.15, -0.1) is 11.8 Å². The van der Waals surface area contributed by atoms with Crippen LogP contribution < -0.4 is 5.32 Å². The number of nitrogens with one attached hydrogen (secondary N) is 1. The SMILES string of the molecule is O=[N+]([O-])/C(CSCc1ccc(Cl)cc1)=C1/NCCN1Cc1ccc(Cl)nc1. The summed E-state index contributed by atoms with van der Waals surface area (Å²) in [6, 6.07) is 11.1. The van der Waals surface area contributed by atoms with Crippen LogP contribution >= 0.6 is 35.0 Å². The first-order valence-corrected chi connectivity index (χ1v) is 10.2. The van der Waals surface area contributed by atoms with Crippen molar-refractivity contribution in [1.82, 2.24) is 15.2 Å². The van der Waals surface area contributed by atoms with Crippen LogP contribution in [-0.2, 0) is 12.3 Å². The number of rotatable bonds is 7. The zero-order valence-corrected chi connectivity index (χ0v) is 16.7. The van der Waals surface area contributed by atoms with Gasteiger partial charge in [-0.3, -0.25) is 10.1 Å². The van der Waals surface area contributed by atoms with Gasteiger partial charge in [0.1, 0.15) is 5.15 Å². The maximum Gasteiger partial charge on any atom is 0.295 e. The molecule has 1 aromatic heterocycles. The maximum absolute atomic E-state index is 11.6. The number of halogens is 2. The Kier molecular flexibility index (Phi) is 6.82. The molecule has 0 bridgehead atoms. The van der Waals surface area contributed by atoms with E-state index in [1.54, 1.807) is 12.3 Å². The molecule has 1 fully saturated rings. The second-order valence-corrected chi connectivity index (χ2v) is 7.82. The summed E-state index contributed by atoms with van der Waals surface area (Å²) in [5.74, 6) is 1.58. The summed E-state index contributed by atoms with van der Waals surface area (Å²) < 4.78 is 0. The van der Waals surface area contributed by atoms with Crippen LogP contribution in [0.25, 0.3) is 0 Å². The molecule has 0 unspecified atom stereocenters. The maximum atomic E-state index is 11.6. The van der Waals surface area contributed by atoms with Gasteiger partial charge in [0.25, 0.3) is 5.70 Å². The van der Waals surface area contributed by atoms with Gasteiger partial charge in [0.2, 0.25) is 0 Å². The molecule has 6 nitrogen and oxygen atoms in total. The second kappa shape index (κ2) is 9.30. The smallest absolute Gasteiger partial charge is 0.295 e. The van der Waals surface area contributed by atoms with Crippen LogP contribution in [0.5, 0.6) is 0 Å². The van der Waals surface area contributed by atoms with Crippen molar-refractivity contribution in [2.24, 2.45) is 0 Å². The van der Waals surface area contributed by atoms with Gasteiger partial charge in [0.15, 0.2) is 5.82 Å². The number of nitro groups is 1. The fraction of sp³-hybridized carbons (Fsp3) is 0.278. The molecule has 27 heavy (non-hydrogen) atoms. The van der Waals surface area contributed by atoms with Crippen LogP contribution in [0.2, 0.25) is 10.2 Å². The van der Waals surface area contributed by atoms with Crippen molar-refractivity contribution >= 4 is 35.0 Å². The fourth-order valence-corrected chi connectivity index (χ4v) is 3.95. The van der Waals surface area contributed by atoms with Crippen molar-refractivity contribution in [2.45, 2.75) is 12.3 Å². The Hall–Kier alpha value is -1.96. The van der Waals surface area contributed by atoms with E-state index in [0.717, 1.165) is 11.1 Å². The molecular weight excluding hydrogens is 407 g/mol. The predicted molar refractivity (Wildman–Crippen MR) is 109 cm³/mol. The van der Waals surface area contributed by atoms with E-state index in [1.807, 2.05) is 35.2 Å². The zero-order chi connectivity index (χ0) is 19.2. The Balaban J connectivity index is 1.68. The lowest BCUT2D eigenvalue weighted by Crippen LogP contribution is -2.24. The van der Waals surface area contributed by atoms with Crippen LogP contribution in [0.4, 0.5) is 0 Å². The van der Waals surface area contributed by atoms with Gasteiger partial charge in [0.05, 0.1) is 10.7 Å². The summed E-state index contributed by atoms with van der Waals surface area (Å²) in [5, 5.41) is 15.9. The Morgan fingerprint density at radius 1 is 1.22 bits per heavy atom. The molecule has 9 heteroatoms. The van der Waals surface area contributed by atoms with Gasteiger partial charge in [0, 0.05) is 36.6 Å². The summed E-state index contributed by atoms with van der Waals surface area (Å²) in [4.78, 5) is 17.4. The monoisotopic (exact) mass is 424 g/mol. The Morgan fingerprint density at radius 2 is 1.96 bits per heavy atom. The molecule has 1 N–H and O–H groups in total. The summed E-state index contributed by atoms with van der Waals surface area (Å²) in [6.07, 6.45) is 1.69. The molecule has 1 aromatic carbocycles. The quantitative estimate of drug-likeness (QED) is 0.408. The second-order valence-electron chi connectivity index (χ2n) is 6.01. The van der Waals surface area contributed by atoms with E-state index in [4.69, 9.17) is 23.2 Å². The molecule has 0 spiro atoms. The summed E-state index contributed by atoms with van der Waals surface area (Å²) in [5.41, 5.74) is 2.23. The summed E-state index contributed by atoms with van der Waals surface area (Å²) >= 11 is 13.2. The first-order chi connectivity index (χ1) is 13.0. The Labute approximate surface area is 171 Å². The number of thioether (sulfide) groups is 1. The minimum Gasteiger partial charge on any atom is -0.365 e. The van der Waals surface area contributed by atoms with Gasteiger partial charge < -0.3 is 10.2 Å². The first-order valence-electron chi connectivity index (χ1n) is 8.32. The molecule has 0 saturated carbocycles. The topological polar surface area (TPSA) is 71.3 Å². The van der Waals surface area contributed by atoms with Crippen molar-refractivity contribution in [3.05, 3.63) is 85.5 Å². The number of hydrogen-bond acceptors (Lipinski definition) is 6. The highest BCUT2D eigenvalue weighted by molar-refractivity contribution is 7.98. The van der Waals surface area contributed by atoms with Crippen LogP contribution in [-0.4, -0.2) is 33.6 Å². The zero-order valence-electron chi connectivity index (χ0n) is 14.4. The van der Waals surface area contributed by atoms with E-state index in [2.05, 4.69) is 10.3 Å². The van der Waals surface area contributed by atoms with Crippen molar-refractivity contribution in [1.29, 1.82) is 0 Å². The molecule has 1 aliphatic heterocycles. The van der Waals surface area contributed by atoms with Crippen LogP contribution in [0.15, 0.2) is 54.1 Å². The average Bonchev–Trinajstić information content (AvgIpc) is 3.09. The van der Waals surface area contributed by atoms with E-state index >= 15 is 0 Å². The molecule has 1 saturated heterocycles. The Bertz CT molecular complexity index is 828. The molecule has 142 valence electrons. The Morgan fingerprint density at radius 3 is 2.63 bits per heavy atom. The molecule has 3 rings (SSSR count). The van der Waals surface area contributed by atoms with Gasteiger partial charge in [-0.25, -0.2) is 4.98 Å². The number of pyridine rings is 1. The standard InChI is InChI=1S/C18H18Cl2N4O2S/c19-15-4-1-13(2-5-15)11-27-12-16(24(25)26)18-21-7-8-23(18)10-14-3-6-17(20)22-9-14/h1-6,9,21H,7-8,10-12H2/b18-16-. The minimum atomic E-state index is -0.296. The van der Waals surface area contributed by atoms with Crippen molar-refractivity contribution < 1.29 is 4.92 Å².